The standard InChI is InChI=1S/C15H14N2O3/c18-14(17-7-5-11(9-17)15(19)20)13-3-1-2-10-8-16-6-4-12(10)13/h1-4,6,8,11H,5,7,9H2,(H,19,20). The van der Waals surface area contributed by atoms with Gasteiger partial charge in [-0.1, -0.05) is 12.1 Å². The summed E-state index contributed by atoms with van der Waals surface area (Å²) in [6.45, 7) is 0.785. The molecule has 1 unspecified atom stereocenters. The van der Waals surface area contributed by atoms with Gasteiger partial charge in [0.05, 0.1) is 5.92 Å². The predicted octanol–water partition coefficient (Wildman–Crippen LogP) is 1.78. The average Bonchev–Trinajstić information content (AvgIpc) is 2.96. The topological polar surface area (TPSA) is 70.5 Å². The minimum Gasteiger partial charge on any atom is -0.481 e. The molecule has 5 heteroatoms. The number of carbonyl (C=O) groups excluding carboxylic acids is 1. The molecule has 1 aliphatic heterocycles. The number of aromatic nitrogens is 1. The van der Waals surface area contributed by atoms with Crippen LogP contribution in [0, 0.1) is 5.92 Å². The number of rotatable bonds is 2. The van der Waals surface area contributed by atoms with Crippen LogP contribution in [0.2, 0.25) is 0 Å². The second-order valence-corrected chi connectivity index (χ2v) is 4.98. The Hall–Kier alpha value is -2.43. The highest BCUT2D eigenvalue weighted by Crippen LogP contribution is 2.23. The molecule has 1 saturated heterocycles. The van der Waals surface area contributed by atoms with Crippen LogP contribution in [-0.4, -0.2) is 40.0 Å². The lowest BCUT2D eigenvalue weighted by molar-refractivity contribution is -0.141. The fourth-order valence-corrected chi connectivity index (χ4v) is 2.63. The summed E-state index contributed by atoms with van der Waals surface area (Å²) in [6.07, 6.45) is 3.90. The monoisotopic (exact) mass is 270 g/mol. The van der Waals surface area contributed by atoms with E-state index in [1.807, 2.05) is 18.2 Å². The average molecular weight is 270 g/mol. The third-order valence-corrected chi connectivity index (χ3v) is 3.74. The summed E-state index contributed by atoms with van der Waals surface area (Å²) >= 11 is 0. The molecule has 1 amide bonds. The van der Waals surface area contributed by atoms with Crippen molar-refractivity contribution in [3.63, 3.8) is 0 Å². The van der Waals surface area contributed by atoms with Gasteiger partial charge in [-0.3, -0.25) is 14.6 Å². The fraction of sp³-hybridized carbons (Fsp3) is 0.267. The van der Waals surface area contributed by atoms with Gasteiger partial charge < -0.3 is 10.0 Å². The molecule has 20 heavy (non-hydrogen) atoms. The quantitative estimate of drug-likeness (QED) is 0.903. The van der Waals surface area contributed by atoms with Crippen LogP contribution >= 0.6 is 0 Å². The van der Waals surface area contributed by atoms with Gasteiger partial charge in [0.1, 0.15) is 0 Å². The molecule has 5 nitrogen and oxygen atoms in total. The lowest BCUT2D eigenvalue weighted by Gasteiger charge is -2.17. The second kappa shape index (κ2) is 4.92. The Morgan fingerprint density at radius 3 is 2.90 bits per heavy atom. The van der Waals surface area contributed by atoms with E-state index in [-0.39, 0.29) is 12.5 Å². The van der Waals surface area contributed by atoms with Crippen LogP contribution in [0.3, 0.4) is 0 Å². The number of benzene rings is 1. The number of carbonyl (C=O) groups is 2. The molecule has 1 fully saturated rings. The predicted molar refractivity (Wildman–Crippen MR) is 73.4 cm³/mol. The van der Waals surface area contributed by atoms with Crippen molar-refractivity contribution < 1.29 is 14.7 Å². The van der Waals surface area contributed by atoms with Crippen molar-refractivity contribution >= 4 is 22.6 Å². The number of likely N-dealkylation sites (tertiary alicyclic amines) is 1. The molecule has 1 aromatic carbocycles. The van der Waals surface area contributed by atoms with Crippen molar-refractivity contribution in [2.24, 2.45) is 5.92 Å². The Bertz CT molecular complexity index is 678. The number of hydrogen-bond donors (Lipinski definition) is 1. The second-order valence-electron chi connectivity index (χ2n) is 4.98. The zero-order valence-electron chi connectivity index (χ0n) is 10.8. The van der Waals surface area contributed by atoms with Gasteiger partial charge in [-0.2, -0.15) is 0 Å². The zero-order valence-corrected chi connectivity index (χ0v) is 10.8. The maximum atomic E-state index is 12.5. The van der Waals surface area contributed by atoms with Crippen LogP contribution in [-0.2, 0) is 4.79 Å². The maximum absolute atomic E-state index is 12.5. The molecule has 0 aliphatic carbocycles. The minimum absolute atomic E-state index is 0.106. The van der Waals surface area contributed by atoms with Crippen LogP contribution in [0.15, 0.2) is 36.7 Å². The molecule has 1 aliphatic rings. The summed E-state index contributed by atoms with van der Waals surface area (Å²) in [5, 5.41) is 10.8. The molecule has 0 saturated carbocycles. The first-order valence-electron chi connectivity index (χ1n) is 6.51. The number of amides is 1. The van der Waals surface area contributed by atoms with Crippen molar-refractivity contribution in [2.75, 3.05) is 13.1 Å². The Morgan fingerprint density at radius 2 is 2.15 bits per heavy atom. The van der Waals surface area contributed by atoms with Crippen LogP contribution < -0.4 is 0 Å². The van der Waals surface area contributed by atoms with E-state index in [9.17, 15) is 9.59 Å². The number of hydrogen-bond acceptors (Lipinski definition) is 3. The Labute approximate surface area is 115 Å². The van der Waals surface area contributed by atoms with Gasteiger partial charge in [0.15, 0.2) is 0 Å². The zero-order chi connectivity index (χ0) is 14.1. The van der Waals surface area contributed by atoms with Gasteiger partial charge >= 0.3 is 5.97 Å². The number of pyridine rings is 1. The lowest BCUT2D eigenvalue weighted by Crippen LogP contribution is -2.30. The van der Waals surface area contributed by atoms with E-state index in [1.54, 1.807) is 23.4 Å². The molecule has 1 N–H and O–H groups in total. The number of fused-ring (bicyclic) bond motifs is 1. The molecule has 0 spiro atoms. The van der Waals surface area contributed by atoms with Crippen LogP contribution in [0.25, 0.3) is 10.8 Å². The van der Waals surface area contributed by atoms with E-state index in [1.165, 1.54) is 0 Å². The van der Waals surface area contributed by atoms with Crippen molar-refractivity contribution in [2.45, 2.75) is 6.42 Å². The SMILES string of the molecule is O=C(O)C1CCN(C(=O)c2cccc3cnccc23)C1. The number of nitrogens with zero attached hydrogens (tertiary/aromatic N) is 2. The first-order chi connectivity index (χ1) is 9.66. The van der Waals surface area contributed by atoms with E-state index in [0.29, 0.717) is 18.5 Å². The van der Waals surface area contributed by atoms with E-state index in [2.05, 4.69) is 4.98 Å². The van der Waals surface area contributed by atoms with Gasteiger partial charge in [-0.05, 0) is 23.9 Å². The van der Waals surface area contributed by atoms with E-state index < -0.39 is 11.9 Å². The molecule has 1 aromatic heterocycles. The number of carboxylic acids is 1. The molecule has 2 heterocycles. The van der Waals surface area contributed by atoms with Crippen molar-refractivity contribution in [3.8, 4) is 0 Å². The molecule has 102 valence electrons. The highest BCUT2D eigenvalue weighted by Gasteiger charge is 2.31. The third-order valence-electron chi connectivity index (χ3n) is 3.74. The van der Waals surface area contributed by atoms with Crippen LogP contribution in [0.1, 0.15) is 16.8 Å². The normalized spacial score (nSPS) is 18.4. The summed E-state index contributed by atoms with van der Waals surface area (Å²) in [7, 11) is 0. The van der Waals surface area contributed by atoms with Crippen LogP contribution in [0.4, 0.5) is 0 Å². The first-order valence-corrected chi connectivity index (χ1v) is 6.51. The van der Waals surface area contributed by atoms with Gasteiger partial charge in [-0.25, -0.2) is 0 Å². The smallest absolute Gasteiger partial charge is 0.308 e. The Morgan fingerprint density at radius 1 is 1.30 bits per heavy atom. The number of carboxylic acid groups (broad SMARTS) is 1. The summed E-state index contributed by atoms with van der Waals surface area (Å²) in [4.78, 5) is 29.2. The molecule has 3 rings (SSSR count). The van der Waals surface area contributed by atoms with E-state index in [0.717, 1.165) is 10.8 Å². The largest absolute Gasteiger partial charge is 0.481 e. The molecule has 1 atom stereocenters. The summed E-state index contributed by atoms with van der Waals surface area (Å²) in [5.74, 6) is -1.39. The first kappa shape index (κ1) is 12.6. The van der Waals surface area contributed by atoms with E-state index >= 15 is 0 Å². The molecule has 2 aromatic rings. The lowest BCUT2D eigenvalue weighted by atomic mass is 10.1. The van der Waals surface area contributed by atoms with Gasteiger partial charge in [-0.15, -0.1) is 0 Å². The van der Waals surface area contributed by atoms with E-state index in [4.69, 9.17) is 5.11 Å². The van der Waals surface area contributed by atoms with Crippen LogP contribution in [0.5, 0.6) is 0 Å². The van der Waals surface area contributed by atoms with Crippen molar-refractivity contribution in [1.82, 2.24) is 9.88 Å². The maximum Gasteiger partial charge on any atom is 0.308 e. The highest BCUT2D eigenvalue weighted by atomic mass is 16.4. The summed E-state index contributed by atoms with van der Waals surface area (Å²) in [6, 6.07) is 7.32. The molecule has 0 bridgehead atoms. The van der Waals surface area contributed by atoms with Gasteiger partial charge in [0, 0.05) is 36.4 Å². The van der Waals surface area contributed by atoms with Crippen molar-refractivity contribution in [3.05, 3.63) is 42.2 Å². The highest BCUT2D eigenvalue weighted by molar-refractivity contribution is 6.07. The molecular formula is C15H14N2O3. The summed E-state index contributed by atoms with van der Waals surface area (Å²) in [5.41, 5.74) is 0.607. The Balaban J connectivity index is 1.92. The third kappa shape index (κ3) is 2.11. The molecule has 0 radical (unpaired) electrons. The van der Waals surface area contributed by atoms with Crippen molar-refractivity contribution in [1.29, 1.82) is 0 Å². The fourth-order valence-electron chi connectivity index (χ4n) is 2.63. The summed E-state index contributed by atoms with van der Waals surface area (Å²) < 4.78 is 0. The number of aliphatic carboxylic acids is 1. The minimum atomic E-state index is -0.831. The Kier molecular flexibility index (Phi) is 3.10. The van der Waals surface area contributed by atoms with Gasteiger partial charge in [0.2, 0.25) is 0 Å². The molecular weight excluding hydrogens is 256 g/mol. The van der Waals surface area contributed by atoms with Gasteiger partial charge in [0.25, 0.3) is 5.91 Å².